The van der Waals surface area contributed by atoms with E-state index in [1.165, 1.54) is 0 Å². The molecule has 3 heteroatoms. The standard InChI is InChI=1S/C10H12N2O/c11-10-7-13-6-9(12-10)8-4-2-1-3-5-8/h1-5,9H,6-7H2,(H2,11,12)/t9-/m1/s1. The summed E-state index contributed by atoms with van der Waals surface area (Å²) in [6.07, 6.45) is 0. The summed E-state index contributed by atoms with van der Waals surface area (Å²) >= 11 is 0. The van der Waals surface area contributed by atoms with Crippen molar-refractivity contribution in [2.45, 2.75) is 6.04 Å². The third-order valence-electron chi connectivity index (χ3n) is 2.03. The number of rotatable bonds is 1. The van der Waals surface area contributed by atoms with Crippen LogP contribution in [0.3, 0.4) is 0 Å². The minimum Gasteiger partial charge on any atom is -0.386 e. The zero-order valence-electron chi connectivity index (χ0n) is 7.31. The molecule has 0 fully saturated rings. The molecule has 1 aromatic carbocycles. The van der Waals surface area contributed by atoms with Crippen LogP contribution >= 0.6 is 0 Å². The molecule has 1 heterocycles. The number of aliphatic imine (C=N–C) groups is 1. The van der Waals surface area contributed by atoms with Crippen LogP contribution in [0, 0.1) is 0 Å². The van der Waals surface area contributed by atoms with Gasteiger partial charge in [0.15, 0.2) is 0 Å². The van der Waals surface area contributed by atoms with Crippen molar-refractivity contribution in [1.82, 2.24) is 0 Å². The lowest BCUT2D eigenvalue weighted by atomic mass is 10.1. The van der Waals surface area contributed by atoms with Crippen molar-refractivity contribution < 1.29 is 4.74 Å². The molecule has 0 radical (unpaired) electrons. The number of benzene rings is 1. The first-order valence-electron chi connectivity index (χ1n) is 4.31. The average molecular weight is 176 g/mol. The van der Waals surface area contributed by atoms with Crippen molar-refractivity contribution >= 4 is 5.84 Å². The normalized spacial score (nSPS) is 22.5. The highest BCUT2D eigenvalue weighted by Crippen LogP contribution is 2.19. The van der Waals surface area contributed by atoms with Gasteiger partial charge in [0.2, 0.25) is 0 Å². The maximum Gasteiger partial charge on any atom is 0.121 e. The first-order valence-corrected chi connectivity index (χ1v) is 4.31. The summed E-state index contributed by atoms with van der Waals surface area (Å²) in [5, 5.41) is 0. The van der Waals surface area contributed by atoms with Gasteiger partial charge in [-0.1, -0.05) is 30.3 Å². The van der Waals surface area contributed by atoms with E-state index in [0.29, 0.717) is 19.0 Å². The Hall–Kier alpha value is -1.35. The molecule has 68 valence electrons. The zero-order chi connectivity index (χ0) is 9.10. The lowest BCUT2D eigenvalue weighted by molar-refractivity contribution is 0.143. The van der Waals surface area contributed by atoms with Crippen molar-refractivity contribution in [3.63, 3.8) is 0 Å². The molecule has 0 bridgehead atoms. The van der Waals surface area contributed by atoms with Gasteiger partial charge in [-0.25, -0.2) is 0 Å². The van der Waals surface area contributed by atoms with Crippen molar-refractivity contribution in [3.8, 4) is 0 Å². The summed E-state index contributed by atoms with van der Waals surface area (Å²) < 4.78 is 5.29. The molecule has 0 unspecified atom stereocenters. The Balaban J connectivity index is 2.22. The van der Waals surface area contributed by atoms with E-state index < -0.39 is 0 Å². The molecule has 0 amide bonds. The molecule has 3 nitrogen and oxygen atoms in total. The van der Waals surface area contributed by atoms with Crippen LogP contribution in [0.4, 0.5) is 0 Å². The molecule has 1 aliphatic rings. The molecule has 0 aromatic heterocycles. The number of hydrogen-bond donors (Lipinski definition) is 1. The molecule has 0 aliphatic carbocycles. The SMILES string of the molecule is NC1=N[C@@H](c2ccccc2)COC1. The monoisotopic (exact) mass is 176 g/mol. The van der Waals surface area contributed by atoms with Crippen LogP contribution in [0.25, 0.3) is 0 Å². The van der Waals surface area contributed by atoms with Gasteiger partial charge in [-0.2, -0.15) is 0 Å². The van der Waals surface area contributed by atoms with E-state index in [0.717, 1.165) is 5.56 Å². The molecule has 0 spiro atoms. The smallest absolute Gasteiger partial charge is 0.121 e. The number of nitrogens with two attached hydrogens (primary N) is 1. The quantitative estimate of drug-likeness (QED) is 0.696. The molecule has 0 saturated carbocycles. The minimum absolute atomic E-state index is 0.0787. The van der Waals surface area contributed by atoms with Gasteiger partial charge in [0.25, 0.3) is 0 Å². The van der Waals surface area contributed by atoms with Crippen LogP contribution in [0.1, 0.15) is 11.6 Å². The Morgan fingerprint density at radius 3 is 2.77 bits per heavy atom. The van der Waals surface area contributed by atoms with Gasteiger partial charge >= 0.3 is 0 Å². The fourth-order valence-corrected chi connectivity index (χ4v) is 1.40. The van der Waals surface area contributed by atoms with Gasteiger partial charge in [-0.15, -0.1) is 0 Å². The second-order valence-electron chi connectivity index (χ2n) is 3.06. The lowest BCUT2D eigenvalue weighted by Crippen LogP contribution is -2.27. The van der Waals surface area contributed by atoms with Crippen LogP contribution in [0.2, 0.25) is 0 Å². The highest BCUT2D eigenvalue weighted by atomic mass is 16.5. The van der Waals surface area contributed by atoms with Gasteiger partial charge in [0, 0.05) is 0 Å². The maximum atomic E-state index is 5.59. The summed E-state index contributed by atoms with van der Waals surface area (Å²) in [6.45, 7) is 1.09. The van der Waals surface area contributed by atoms with Crippen LogP contribution < -0.4 is 5.73 Å². The minimum atomic E-state index is 0.0787. The van der Waals surface area contributed by atoms with Gasteiger partial charge in [-0.3, -0.25) is 4.99 Å². The first-order chi connectivity index (χ1) is 6.36. The molecule has 1 aliphatic heterocycles. The Kier molecular flexibility index (Phi) is 2.27. The highest BCUT2D eigenvalue weighted by Gasteiger charge is 2.14. The molecular formula is C10H12N2O. The van der Waals surface area contributed by atoms with Crippen LogP contribution in [-0.2, 0) is 4.74 Å². The van der Waals surface area contributed by atoms with Crippen LogP contribution in [0.15, 0.2) is 35.3 Å². The fraction of sp³-hybridized carbons (Fsp3) is 0.300. The van der Waals surface area contributed by atoms with Gasteiger partial charge in [-0.05, 0) is 5.56 Å². The Bertz CT molecular complexity index is 308. The molecule has 2 N–H and O–H groups in total. The number of nitrogens with zero attached hydrogens (tertiary/aromatic N) is 1. The van der Waals surface area contributed by atoms with E-state index >= 15 is 0 Å². The van der Waals surface area contributed by atoms with E-state index in [9.17, 15) is 0 Å². The highest BCUT2D eigenvalue weighted by molar-refractivity contribution is 5.82. The van der Waals surface area contributed by atoms with E-state index in [1.54, 1.807) is 0 Å². The average Bonchev–Trinajstić information content (AvgIpc) is 2.19. The van der Waals surface area contributed by atoms with E-state index in [-0.39, 0.29) is 6.04 Å². The first kappa shape index (κ1) is 8.26. The third kappa shape index (κ3) is 1.87. The third-order valence-corrected chi connectivity index (χ3v) is 2.03. The van der Waals surface area contributed by atoms with Gasteiger partial charge in [0.05, 0.1) is 6.61 Å². The predicted molar refractivity (Wildman–Crippen MR) is 51.6 cm³/mol. The number of ether oxygens (including phenoxy) is 1. The largest absolute Gasteiger partial charge is 0.386 e. The van der Waals surface area contributed by atoms with Crippen LogP contribution in [0.5, 0.6) is 0 Å². The van der Waals surface area contributed by atoms with Gasteiger partial charge in [0.1, 0.15) is 18.5 Å². The molecule has 1 atom stereocenters. The number of hydrogen-bond acceptors (Lipinski definition) is 3. The van der Waals surface area contributed by atoms with Crippen molar-refractivity contribution in [1.29, 1.82) is 0 Å². The van der Waals surface area contributed by atoms with Crippen molar-refractivity contribution in [3.05, 3.63) is 35.9 Å². The zero-order valence-corrected chi connectivity index (χ0v) is 7.31. The molecule has 0 saturated heterocycles. The second kappa shape index (κ2) is 3.58. The Morgan fingerprint density at radius 2 is 2.08 bits per heavy atom. The van der Waals surface area contributed by atoms with E-state index in [2.05, 4.69) is 4.99 Å². The van der Waals surface area contributed by atoms with Crippen molar-refractivity contribution in [2.24, 2.45) is 10.7 Å². The fourth-order valence-electron chi connectivity index (χ4n) is 1.40. The summed E-state index contributed by atoms with van der Waals surface area (Å²) in [5.74, 6) is 0.583. The maximum absolute atomic E-state index is 5.59. The van der Waals surface area contributed by atoms with Crippen LogP contribution in [-0.4, -0.2) is 19.0 Å². The second-order valence-corrected chi connectivity index (χ2v) is 3.06. The van der Waals surface area contributed by atoms with Gasteiger partial charge < -0.3 is 10.5 Å². The summed E-state index contributed by atoms with van der Waals surface area (Å²) in [7, 11) is 0. The summed E-state index contributed by atoms with van der Waals surface area (Å²) in [5.41, 5.74) is 6.75. The topological polar surface area (TPSA) is 47.6 Å². The predicted octanol–water partition coefficient (Wildman–Crippen LogP) is 1.12. The van der Waals surface area contributed by atoms with E-state index in [1.807, 2.05) is 30.3 Å². The number of amidine groups is 1. The molecule has 13 heavy (non-hydrogen) atoms. The van der Waals surface area contributed by atoms with E-state index in [4.69, 9.17) is 10.5 Å². The molecular weight excluding hydrogens is 164 g/mol. The van der Waals surface area contributed by atoms with Crippen molar-refractivity contribution in [2.75, 3.05) is 13.2 Å². The lowest BCUT2D eigenvalue weighted by Gasteiger charge is -2.18. The summed E-state index contributed by atoms with van der Waals surface area (Å²) in [4.78, 5) is 4.32. The molecule has 1 aromatic rings. The Labute approximate surface area is 77.2 Å². The molecule has 2 rings (SSSR count). The Morgan fingerprint density at radius 1 is 1.31 bits per heavy atom. The summed E-state index contributed by atoms with van der Waals surface area (Å²) in [6, 6.07) is 10.1.